The van der Waals surface area contributed by atoms with Crippen molar-refractivity contribution in [1.29, 1.82) is 0 Å². The van der Waals surface area contributed by atoms with Crippen molar-refractivity contribution in [2.75, 3.05) is 6.61 Å². The van der Waals surface area contributed by atoms with Crippen molar-refractivity contribution in [2.24, 2.45) is 5.92 Å². The topological polar surface area (TPSA) is 67.4 Å². The molecule has 0 heterocycles. The Balaban J connectivity index is 1.71. The normalized spacial score (nSPS) is 15.2. The number of carbonyl (C=O) groups is 2. The SMILES string of the molecule is CCOC(=O)c1ccc(CNC(=O)N/C=C/C2CCCCC2)cc1. The Hall–Kier alpha value is -2.30. The standard InChI is InChI=1S/C19H26N2O3/c1-2-24-18(22)17-10-8-16(9-11-17)14-21-19(23)20-13-12-15-6-4-3-5-7-15/h8-13,15H,2-7,14H2,1H3,(H2,20,21,23)/b13-12+. The zero-order chi connectivity index (χ0) is 17.2. The van der Waals surface area contributed by atoms with Gasteiger partial charge in [0.05, 0.1) is 12.2 Å². The van der Waals surface area contributed by atoms with Crippen molar-refractivity contribution in [3.8, 4) is 0 Å². The summed E-state index contributed by atoms with van der Waals surface area (Å²) in [7, 11) is 0. The molecule has 0 aliphatic heterocycles. The lowest BCUT2D eigenvalue weighted by Gasteiger charge is -2.17. The maximum Gasteiger partial charge on any atom is 0.338 e. The number of esters is 1. The van der Waals surface area contributed by atoms with Crippen molar-refractivity contribution < 1.29 is 14.3 Å². The number of amides is 2. The minimum atomic E-state index is -0.331. The average molecular weight is 330 g/mol. The molecule has 2 N–H and O–H groups in total. The zero-order valence-corrected chi connectivity index (χ0v) is 14.2. The van der Waals surface area contributed by atoms with Crippen LogP contribution in [0.1, 0.15) is 54.9 Å². The Morgan fingerprint density at radius 3 is 2.54 bits per heavy atom. The summed E-state index contributed by atoms with van der Waals surface area (Å²) in [6.07, 6.45) is 10.2. The second-order valence-corrected chi connectivity index (χ2v) is 6.00. The van der Waals surface area contributed by atoms with Crippen LogP contribution in [-0.4, -0.2) is 18.6 Å². The van der Waals surface area contributed by atoms with E-state index in [1.807, 2.05) is 12.1 Å². The molecule has 0 atom stereocenters. The molecule has 1 aliphatic carbocycles. The Bertz CT molecular complexity index is 560. The van der Waals surface area contributed by atoms with Gasteiger partial charge in [-0.2, -0.15) is 0 Å². The van der Waals surface area contributed by atoms with Crippen LogP contribution in [0.4, 0.5) is 4.79 Å². The van der Waals surface area contributed by atoms with Crippen LogP contribution in [0.25, 0.3) is 0 Å². The molecule has 130 valence electrons. The van der Waals surface area contributed by atoms with Gasteiger partial charge in [0, 0.05) is 12.7 Å². The maximum absolute atomic E-state index is 11.8. The first-order valence-corrected chi connectivity index (χ1v) is 8.66. The van der Waals surface area contributed by atoms with Crippen LogP contribution >= 0.6 is 0 Å². The van der Waals surface area contributed by atoms with Gasteiger partial charge < -0.3 is 15.4 Å². The van der Waals surface area contributed by atoms with E-state index in [9.17, 15) is 9.59 Å². The second-order valence-electron chi connectivity index (χ2n) is 6.00. The number of benzene rings is 1. The molecule has 0 radical (unpaired) electrons. The fourth-order valence-corrected chi connectivity index (χ4v) is 2.79. The van der Waals surface area contributed by atoms with Crippen molar-refractivity contribution >= 4 is 12.0 Å². The van der Waals surface area contributed by atoms with E-state index < -0.39 is 0 Å². The molecule has 2 rings (SSSR count). The highest BCUT2D eigenvalue weighted by Crippen LogP contribution is 2.24. The lowest BCUT2D eigenvalue weighted by atomic mass is 9.89. The molecule has 0 unspecified atom stereocenters. The molecule has 2 amide bonds. The van der Waals surface area contributed by atoms with Gasteiger partial charge in [0.2, 0.25) is 0 Å². The highest BCUT2D eigenvalue weighted by Gasteiger charge is 2.10. The molecular weight excluding hydrogens is 304 g/mol. The van der Waals surface area contributed by atoms with Crippen molar-refractivity contribution in [2.45, 2.75) is 45.6 Å². The van der Waals surface area contributed by atoms with E-state index in [4.69, 9.17) is 4.74 Å². The van der Waals surface area contributed by atoms with Crippen molar-refractivity contribution in [3.05, 3.63) is 47.7 Å². The molecular formula is C19H26N2O3. The van der Waals surface area contributed by atoms with Crippen LogP contribution in [0.15, 0.2) is 36.5 Å². The van der Waals surface area contributed by atoms with E-state index in [0.29, 0.717) is 24.6 Å². The summed E-state index contributed by atoms with van der Waals surface area (Å²) in [4.78, 5) is 23.3. The number of allylic oxidation sites excluding steroid dienone is 1. The van der Waals surface area contributed by atoms with Gasteiger partial charge in [-0.1, -0.05) is 37.5 Å². The fourth-order valence-electron chi connectivity index (χ4n) is 2.79. The molecule has 1 fully saturated rings. The Morgan fingerprint density at radius 2 is 1.88 bits per heavy atom. The van der Waals surface area contributed by atoms with E-state index >= 15 is 0 Å². The van der Waals surface area contributed by atoms with Crippen LogP contribution in [0, 0.1) is 5.92 Å². The predicted octanol–water partition coefficient (Wildman–Crippen LogP) is 3.76. The van der Waals surface area contributed by atoms with Crippen LogP contribution in [0.2, 0.25) is 0 Å². The predicted molar refractivity (Wildman–Crippen MR) is 93.5 cm³/mol. The highest BCUT2D eigenvalue weighted by atomic mass is 16.5. The molecule has 5 nitrogen and oxygen atoms in total. The summed E-state index contributed by atoms with van der Waals surface area (Å²) in [6.45, 7) is 2.54. The van der Waals surface area contributed by atoms with E-state index in [1.54, 1.807) is 25.3 Å². The van der Waals surface area contributed by atoms with E-state index in [2.05, 4.69) is 16.7 Å². The summed E-state index contributed by atoms with van der Waals surface area (Å²) < 4.78 is 4.93. The Kier molecular flexibility index (Phi) is 7.33. The third-order valence-electron chi connectivity index (χ3n) is 4.15. The van der Waals surface area contributed by atoms with Crippen LogP contribution in [0.3, 0.4) is 0 Å². The summed E-state index contributed by atoms with van der Waals surface area (Å²) in [5, 5.41) is 5.53. The van der Waals surface area contributed by atoms with Crippen LogP contribution < -0.4 is 10.6 Å². The smallest absolute Gasteiger partial charge is 0.338 e. The second kappa shape index (κ2) is 9.75. The van der Waals surface area contributed by atoms with Gasteiger partial charge in [0.15, 0.2) is 0 Å². The lowest BCUT2D eigenvalue weighted by molar-refractivity contribution is 0.0526. The fraction of sp³-hybridized carbons (Fsp3) is 0.474. The molecule has 1 aromatic carbocycles. The summed E-state index contributed by atoms with van der Waals surface area (Å²) in [5.74, 6) is 0.261. The molecule has 1 saturated carbocycles. The van der Waals surface area contributed by atoms with Crippen LogP contribution in [-0.2, 0) is 11.3 Å². The third kappa shape index (κ3) is 6.07. The van der Waals surface area contributed by atoms with E-state index in [1.165, 1.54) is 32.1 Å². The number of hydrogen-bond donors (Lipinski definition) is 2. The monoisotopic (exact) mass is 330 g/mol. The largest absolute Gasteiger partial charge is 0.462 e. The molecule has 24 heavy (non-hydrogen) atoms. The first-order chi connectivity index (χ1) is 11.7. The van der Waals surface area contributed by atoms with Gasteiger partial charge in [-0.15, -0.1) is 0 Å². The van der Waals surface area contributed by atoms with Gasteiger partial charge in [0.25, 0.3) is 0 Å². The van der Waals surface area contributed by atoms with E-state index in [-0.39, 0.29) is 12.0 Å². The minimum Gasteiger partial charge on any atom is -0.462 e. The lowest BCUT2D eigenvalue weighted by Crippen LogP contribution is -2.31. The van der Waals surface area contributed by atoms with Crippen molar-refractivity contribution in [3.63, 3.8) is 0 Å². The Morgan fingerprint density at radius 1 is 1.17 bits per heavy atom. The van der Waals surface area contributed by atoms with E-state index in [0.717, 1.165) is 5.56 Å². The average Bonchev–Trinajstić information content (AvgIpc) is 2.61. The number of hydrogen-bond acceptors (Lipinski definition) is 3. The summed E-state index contributed by atoms with van der Waals surface area (Å²) >= 11 is 0. The van der Waals surface area contributed by atoms with Gasteiger partial charge in [-0.05, 0) is 43.4 Å². The zero-order valence-electron chi connectivity index (χ0n) is 14.2. The quantitative estimate of drug-likeness (QED) is 0.781. The first-order valence-electron chi connectivity index (χ1n) is 8.66. The van der Waals surface area contributed by atoms with Crippen molar-refractivity contribution in [1.82, 2.24) is 10.6 Å². The van der Waals surface area contributed by atoms with Crippen LogP contribution in [0.5, 0.6) is 0 Å². The van der Waals surface area contributed by atoms with Gasteiger partial charge in [-0.25, -0.2) is 9.59 Å². The molecule has 0 saturated heterocycles. The summed E-state index contributed by atoms with van der Waals surface area (Å²) in [6, 6.07) is 6.80. The minimum absolute atomic E-state index is 0.225. The third-order valence-corrected chi connectivity index (χ3v) is 4.15. The number of nitrogens with one attached hydrogen (secondary N) is 2. The highest BCUT2D eigenvalue weighted by molar-refractivity contribution is 5.89. The number of urea groups is 1. The molecule has 1 aromatic rings. The molecule has 0 spiro atoms. The summed E-state index contributed by atoms with van der Waals surface area (Å²) in [5.41, 5.74) is 1.44. The number of carbonyl (C=O) groups excluding carboxylic acids is 2. The number of ether oxygens (including phenoxy) is 1. The molecule has 0 bridgehead atoms. The van der Waals surface area contributed by atoms with Gasteiger partial charge in [-0.3, -0.25) is 0 Å². The molecule has 5 heteroatoms. The van der Waals surface area contributed by atoms with Gasteiger partial charge >= 0.3 is 12.0 Å². The first kappa shape index (κ1) is 18.0. The maximum atomic E-state index is 11.8. The Labute approximate surface area is 143 Å². The van der Waals surface area contributed by atoms with Gasteiger partial charge in [0.1, 0.15) is 0 Å². The molecule has 0 aromatic heterocycles. The molecule has 1 aliphatic rings. The number of rotatable bonds is 6.